The molecule has 1 aliphatic rings. The first kappa shape index (κ1) is 16.1. The summed E-state index contributed by atoms with van der Waals surface area (Å²) in [5.74, 6) is 0.394. The van der Waals surface area contributed by atoms with Gasteiger partial charge in [0, 0.05) is 25.2 Å². The van der Waals surface area contributed by atoms with Crippen LogP contribution in [0.2, 0.25) is 0 Å². The molecule has 2 heterocycles. The van der Waals surface area contributed by atoms with Crippen LogP contribution in [0.1, 0.15) is 44.4 Å². The van der Waals surface area contributed by atoms with E-state index in [1.165, 1.54) is 6.07 Å². The highest BCUT2D eigenvalue weighted by atomic mass is 19.4. The van der Waals surface area contributed by atoms with Crippen LogP contribution in [0.4, 0.5) is 19.0 Å². The van der Waals surface area contributed by atoms with Crippen LogP contribution in [-0.2, 0) is 12.7 Å². The normalized spacial score (nSPS) is 19.4. The van der Waals surface area contributed by atoms with Gasteiger partial charge in [-0.3, -0.25) is 0 Å². The summed E-state index contributed by atoms with van der Waals surface area (Å²) in [6.07, 6.45) is -1.46. The van der Waals surface area contributed by atoms with Crippen LogP contribution in [0.5, 0.6) is 0 Å². The smallest absolute Gasteiger partial charge is 0.356 e. The molecule has 0 spiro atoms. The fourth-order valence-corrected chi connectivity index (χ4v) is 2.70. The van der Waals surface area contributed by atoms with Crippen molar-refractivity contribution < 1.29 is 13.2 Å². The van der Waals surface area contributed by atoms with Gasteiger partial charge in [0.1, 0.15) is 11.5 Å². The minimum absolute atomic E-state index is 0.195. The number of rotatable bonds is 2. The highest BCUT2D eigenvalue weighted by Gasteiger charge is 2.34. The molecule has 0 amide bonds. The quantitative estimate of drug-likeness (QED) is 0.908. The Kier molecular flexibility index (Phi) is 4.46. The molecule has 1 aromatic rings. The minimum Gasteiger partial charge on any atom is -0.356 e. The summed E-state index contributed by atoms with van der Waals surface area (Å²) >= 11 is 0. The van der Waals surface area contributed by atoms with Gasteiger partial charge in [0.05, 0.1) is 0 Å². The standard InChI is InChI=1S/C15H22F3N3/c1-14(2)6-3-8-21(9-7-14)13-11(10-19)4-5-12(20-13)15(16,17)18/h4-5H,3,6-10,19H2,1-2H3. The van der Waals surface area contributed by atoms with Gasteiger partial charge in [-0.05, 0) is 30.7 Å². The van der Waals surface area contributed by atoms with Crippen molar-refractivity contribution >= 4 is 5.82 Å². The third kappa shape index (κ3) is 3.87. The van der Waals surface area contributed by atoms with Crippen molar-refractivity contribution in [3.8, 4) is 0 Å². The van der Waals surface area contributed by atoms with Crippen LogP contribution in [0.3, 0.4) is 0 Å². The molecule has 6 heteroatoms. The van der Waals surface area contributed by atoms with E-state index >= 15 is 0 Å². The molecule has 21 heavy (non-hydrogen) atoms. The average Bonchev–Trinajstić information content (AvgIpc) is 2.58. The molecule has 1 fully saturated rings. The van der Waals surface area contributed by atoms with Gasteiger partial charge in [0.15, 0.2) is 0 Å². The summed E-state index contributed by atoms with van der Waals surface area (Å²) in [7, 11) is 0. The number of aromatic nitrogens is 1. The molecular formula is C15H22F3N3. The molecular weight excluding hydrogens is 279 g/mol. The van der Waals surface area contributed by atoms with Crippen molar-refractivity contribution in [2.45, 2.75) is 45.8 Å². The molecule has 118 valence electrons. The number of nitrogens with two attached hydrogens (primary N) is 1. The average molecular weight is 301 g/mol. The Balaban J connectivity index is 2.32. The summed E-state index contributed by atoms with van der Waals surface area (Å²) < 4.78 is 38.6. The SMILES string of the molecule is CC1(C)CCCN(c2nc(C(F)(F)F)ccc2CN)CC1. The second kappa shape index (κ2) is 5.83. The lowest BCUT2D eigenvalue weighted by atomic mass is 9.85. The molecule has 0 saturated carbocycles. The second-order valence-corrected chi connectivity index (χ2v) is 6.39. The minimum atomic E-state index is -4.42. The van der Waals surface area contributed by atoms with Gasteiger partial charge in [0.25, 0.3) is 0 Å². The molecule has 2 N–H and O–H groups in total. The summed E-state index contributed by atoms with van der Waals surface area (Å²) in [5.41, 5.74) is 5.70. The van der Waals surface area contributed by atoms with Gasteiger partial charge in [0.2, 0.25) is 0 Å². The van der Waals surface area contributed by atoms with E-state index in [0.717, 1.165) is 31.9 Å². The zero-order chi connectivity index (χ0) is 15.7. The van der Waals surface area contributed by atoms with E-state index < -0.39 is 11.9 Å². The Morgan fingerprint density at radius 1 is 1.24 bits per heavy atom. The fraction of sp³-hybridized carbons (Fsp3) is 0.667. The van der Waals surface area contributed by atoms with Crippen molar-refractivity contribution in [3.63, 3.8) is 0 Å². The van der Waals surface area contributed by atoms with E-state index in [1.807, 2.05) is 4.90 Å². The van der Waals surface area contributed by atoms with E-state index in [1.54, 1.807) is 0 Å². The van der Waals surface area contributed by atoms with Crippen LogP contribution < -0.4 is 10.6 Å². The van der Waals surface area contributed by atoms with Crippen molar-refractivity contribution in [1.82, 2.24) is 4.98 Å². The molecule has 0 aliphatic carbocycles. The maximum absolute atomic E-state index is 12.9. The maximum Gasteiger partial charge on any atom is 0.433 e. The van der Waals surface area contributed by atoms with E-state index in [2.05, 4.69) is 18.8 Å². The zero-order valence-electron chi connectivity index (χ0n) is 12.5. The fourth-order valence-electron chi connectivity index (χ4n) is 2.70. The molecule has 0 unspecified atom stereocenters. The number of pyridine rings is 1. The molecule has 0 radical (unpaired) electrons. The predicted octanol–water partition coefficient (Wildman–Crippen LogP) is 3.58. The van der Waals surface area contributed by atoms with Crippen molar-refractivity contribution in [2.24, 2.45) is 11.1 Å². The van der Waals surface area contributed by atoms with E-state index in [9.17, 15) is 13.2 Å². The highest BCUT2D eigenvalue weighted by molar-refractivity contribution is 5.48. The topological polar surface area (TPSA) is 42.2 Å². The lowest BCUT2D eigenvalue weighted by Gasteiger charge is -2.26. The Hall–Kier alpha value is -1.30. The number of nitrogens with zero attached hydrogens (tertiary/aromatic N) is 2. The summed E-state index contributed by atoms with van der Waals surface area (Å²) in [6, 6.07) is 2.45. The first-order chi connectivity index (χ1) is 9.73. The monoisotopic (exact) mass is 301 g/mol. The number of hydrogen-bond donors (Lipinski definition) is 1. The Labute approximate surface area is 123 Å². The summed E-state index contributed by atoms with van der Waals surface area (Å²) in [5, 5.41) is 0. The maximum atomic E-state index is 12.9. The second-order valence-electron chi connectivity index (χ2n) is 6.39. The van der Waals surface area contributed by atoms with Crippen molar-refractivity contribution in [2.75, 3.05) is 18.0 Å². The van der Waals surface area contributed by atoms with Crippen molar-refractivity contribution in [3.05, 3.63) is 23.4 Å². The third-order valence-corrected chi connectivity index (χ3v) is 4.11. The van der Waals surface area contributed by atoms with Gasteiger partial charge >= 0.3 is 6.18 Å². The zero-order valence-corrected chi connectivity index (χ0v) is 12.5. The van der Waals surface area contributed by atoms with Crippen LogP contribution in [0, 0.1) is 5.41 Å². The largest absolute Gasteiger partial charge is 0.433 e. The third-order valence-electron chi connectivity index (χ3n) is 4.11. The molecule has 0 aromatic carbocycles. The van der Waals surface area contributed by atoms with E-state index in [-0.39, 0.29) is 12.0 Å². The number of hydrogen-bond acceptors (Lipinski definition) is 3. The van der Waals surface area contributed by atoms with Crippen LogP contribution in [0.15, 0.2) is 12.1 Å². The molecule has 1 aliphatic heterocycles. The first-order valence-corrected chi connectivity index (χ1v) is 7.25. The molecule has 2 rings (SSSR count). The highest BCUT2D eigenvalue weighted by Crippen LogP contribution is 2.34. The van der Waals surface area contributed by atoms with Crippen LogP contribution in [0.25, 0.3) is 0 Å². The number of alkyl halides is 3. The first-order valence-electron chi connectivity index (χ1n) is 7.25. The van der Waals surface area contributed by atoms with E-state index in [4.69, 9.17) is 5.73 Å². The molecule has 1 aromatic heterocycles. The van der Waals surface area contributed by atoms with Gasteiger partial charge in [-0.2, -0.15) is 13.2 Å². The Bertz CT molecular complexity index is 497. The van der Waals surface area contributed by atoms with Gasteiger partial charge in [-0.1, -0.05) is 19.9 Å². The Morgan fingerprint density at radius 2 is 1.95 bits per heavy atom. The molecule has 0 atom stereocenters. The van der Waals surface area contributed by atoms with Gasteiger partial charge in [-0.15, -0.1) is 0 Å². The van der Waals surface area contributed by atoms with Gasteiger partial charge in [-0.25, -0.2) is 4.98 Å². The molecule has 1 saturated heterocycles. The lowest BCUT2D eigenvalue weighted by Crippen LogP contribution is -2.28. The lowest BCUT2D eigenvalue weighted by molar-refractivity contribution is -0.141. The van der Waals surface area contributed by atoms with Crippen molar-refractivity contribution in [1.29, 1.82) is 0 Å². The van der Waals surface area contributed by atoms with Crippen LogP contribution >= 0.6 is 0 Å². The molecule has 3 nitrogen and oxygen atoms in total. The predicted molar refractivity (Wildman–Crippen MR) is 77.0 cm³/mol. The summed E-state index contributed by atoms with van der Waals surface area (Å²) in [4.78, 5) is 5.80. The Morgan fingerprint density at radius 3 is 2.57 bits per heavy atom. The number of halogens is 3. The van der Waals surface area contributed by atoms with E-state index in [0.29, 0.717) is 17.9 Å². The van der Waals surface area contributed by atoms with Crippen LogP contribution in [-0.4, -0.2) is 18.1 Å². The van der Waals surface area contributed by atoms with Gasteiger partial charge < -0.3 is 10.6 Å². The number of anilines is 1. The molecule has 0 bridgehead atoms. The summed E-state index contributed by atoms with van der Waals surface area (Å²) in [6.45, 7) is 6.03.